The van der Waals surface area contributed by atoms with Crippen LogP contribution in [0.3, 0.4) is 0 Å². The number of rotatable bonds is 0. The largest absolute Gasteiger partial charge is 0.371 e. The molecule has 1 fully saturated rings. The van der Waals surface area contributed by atoms with Crippen molar-refractivity contribution < 1.29 is 0 Å². The number of nitrogens with zero attached hydrogens (tertiary/aromatic N) is 1. The van der Waals surface area contributed by atoms with Gasteiger partial charge in [-0.2, -0.15) is 0 Å². The molecule has 0 N–H and O–H groups in total. The second kappa shape index (κ2) is 3.01. The lowest BCUT2D eigenvalue weighted by Gasteiger charge is -2.30. The highest BCUT2D eigenvalue weighted by molar-refractivity contribution is 5.61. The first-order valence-corrected chi connectivity index (χ1v) is 5.69. The molecule has 0 spiro atoms. The zero-order chi connectivity index (χ0) is 9.54. The van der Waals surface area contributed by atoms with E-state index in [0.29, 0.717) is 0 Å². The first kappa shape index (κ1) is 8.34. The lowest BCUT2D eigenvalue weighted by molar-refractivity contribution is 0.396. The summed E-state index contributed by atoms with van der Waals surface area (Å²) in [5, 5.41) is 0. The molecule has 1 aliphatic carbocycles. The van der Waals surface area contributed by atoms with Crippen molar-refractivity contribution in [3.63, 3.8) is 0 Å². The van der Waals surface area contributed by atoms with Gasteiger partial charge in [-0.25, -0.2) is 0 Å². The van der Waals surface area contributed by atoms with Gasteiger partial charge in [-0.05, 0) is 24.5 Å². The fourth-order valence-corrected chi connectivity index (χ4v) is 3.24. The van der Waals surface area contributed by atoms with Gasteiger partial charge in [0.1, 0.15) is 0 Å². The van der Waals surface area contributed by atoms with E-state index in [1.807, 2.05) is 0 Å². The highest BCUT2D eigenvalue weighted by Gasteiger charge is 2.37. The number of hydrogen-bond donors (Lipinski definition) is 0. The summed E-state index contributed by atoms with van der Waals surface area (Å²) in [6, 6.07) is 9.73. The summed E-state index contributed by atoms with van der Waals surface area (Å²) in [5.41, 5.74) is 3.07. The molecule has 1 nitrogen and oxygen atoms in total. The molecule has 0 unspecified atom stereocenters. The van der Waals surface area contributed by atoms with Gasteiger partial charge in [-0.3, -0.25) is 0 Å². The number of hydrogen-bond acceptors (Lipinski definition) is 1. The van der Waals surface area contributed by atoms with E-state index in [1.54, 1.807) is 5.56 Å². The molecule has 3 rings (SSSR count). The van der Waals surface area contributed by atoms with Crippen LogP contribution in [0.5, 0.6) is 0 Å². The van der Waals surface area contributed by atoms with Crippen molar-refractivity contribution in [2.75, 3.05) is 11.9 Å². The first-order chi connectivity index (χ1) is 6.88. The molecule has 1 aliphatic heterocycles. The molecule has 1 saturated carbocycles. The fourth-order valence-electron chi connectivity index (χ4n) is 3.24. The number of anilines is 1. The lowest BCUT2D eigenvalue weighted by Crippen LogP contribution is -2.32. The summed E-state index contributed by atoms with van der Waals surface area (Å²) in [4.78, 5) is 2.50. The van der Waals surface area contributed by atoms with E-state index in [1.165, 1.54) is 31.4 Å². The summed E-state index contributed by atoms with van der Waals surface area (Å²) in [5.74, 6) is 0.824. The Morgan fingerprint density at radius 2 is 1.93 bits per heavy atom. The zero-order valence-electron chi connectivity index (χ0n) is 8.74. The van der Waals surface area contributed by atoms with Gasteiger partial charge in [0.05, 0.1) is 0 Å². The van der Waals surface area contributed by atoms with Crippen molar-refractivity contribution in [2.24, 2.45) is 0 Å². The highest BCUT2D eigenvalue weighted by atomic mass is 15.2. The van der Waals surface area contributed by atoms with Gasteiger partial charge in [0, 0.05) is 24.7 Å². The Labute approximate surface area is 85.7 Å². The van der Waals surface area contributed by atoms with Crippen molar-refractivity contribution in [1.82, 2.24) is 0 Å². The standard InChI is InChI=1S/C13H17N/c1-14-12-8-4-2-6-10(12)11-7-3-5-9-13(11)14/h2,4,6,8,11,13H,3,5,7,9H2,1H3/t11-,13-/m0/s1. The van der Waals surface area contributed by atoms with Crippen LogP contribution in [0.15, 0.2) is 24.3 Å². The molecule has 0 amide bonds. The second-order valence-corrected chi connectivity index (χ2v) is 4.63. The maximum atomic E-state index is 2.50. The molecule has 1 heteroatoms. The second-order valence-electron chi connectivity index (χ2n) is 4.63. The fraction of sp³-hybridized carbons (Fsp3) is 0.538. The number of benzene rings is 1. The molecule has 0 aromatic heterocycles. The van der Waals surface area contributed by atoms with Crippen molar-refractivity contribution >= 4 is 5.69 Å². The number of likely N-dealkylation sites (N-methyl/N-ethyl adjacent to an activating group) is 1. The molecule has 14 heavy (non-hydrogen) atoms. The summed E-state index contributed by atoms with van der Waals surface area (Å²) < 4.78 is 0. The van der Waals surface area contributed by atoms with Crippen LogP contribution in [0.4, 0.5) is 5.69 Å². The van der Waals surface area contributed by atoms with Crippen LogP contribution < -0.4 is 4.90 Å². The predicted molar refractivity (Wildman–Crippen MR) is 59.8 cm³/mol. The van der Waals surface area contributed by atoms with Crippen molar-refractivity contribution in [3.05, 3.63) is 29.8 Å². The van der Waals surface area contributed by atoms with Crippen molar-refractivity contribution in [2.45, 2.75) is 37.6 Å². The summed E-state index contributed by atoms with van der Waals surface area (Å²) in [7, 11) is 2.26. The molecule has 1 aromatic carbocycles. The van der Waals surface area contributed by atoms with Crippen LogP contribution in [0.1, 0.15) is 37.2 Å². The Morgan fingerprint density at radius 1 is 1.14 bits per heavy atom. The maximum Gasteiger partial charge on any atom is 0.0402 e. The minimum Gasteiger partial charge on any atom is -0.371 e. The smallest absolute Gasteiger partial charge is 0.0402 e. The molecule has 0 saturated heterocycles. The van der Waals surface area contributed by atoms with E-state index in [2.05, 4.69) is 36.2 Å². The van der Waals surface area contributed by atoms with Gasteiger partial charge in [0.15, 0.2) is 0 Å². The number of para-hydroxylation sites is 1. The van der Waals surface area contributed by atoms with Crippen LogP contribution in [-0.4, -0.2) is 13.1 Å². The molecular weight excluding hydrogens is 170 g/mol. The van der Waals surface area contributed by atoms with Gasteiger partial charge in [-0.15, -0.1) is 0 Å². The molecule has 1 heterocycles. The van der Waals surface area contributed by atoms with Gasteiger partial charge in [0.25, 0.3) is 0 Å². The third-order valence-corrected chi connectivity index (χ3v) is 3.94. The summed E-state index contributed by atoms with van der Waals surface area (Å²) >= 11 is 0. The third-order valence-electron chi connectivity index (χ3n) is 3.94. The molecule has 74 valence electrons. The molecule has 2 atom stereocenters. The van der Waals surface area contributed by atoms with Crippen molar-refractivity contribution in [1.29, 1.82) is 0 Å². The topological polar surface area (TPSA) is 3.24 Å². The van der Waals surface area contributed by atoms with Gasteiger partial charge >= 0.3 is 0 Å². The highest BCUT2D eigenvalue weighted by Crippen LogP contribution is 2.46. The van der Waals surface area contributed by atoms with Gasteiger partial charge in [0.2, 0.25) is 0 Å². The summed E-state index contributed by atoms with van der Waals surface area (Å²) in [6.07, 6.45) is 5.62. The molecule has 0 bridgehead atoms. The Bertz CT molecular complexity index is 345. The van der Waals surface area contributed by atoms with Crippen LogP contribution in [0.25, 0.3) is 0 Å². The summed E-state index contributed by atoms with van der Waals surface area (Å²) in [6.45, 7) is 0. The maximum absolute atomic E-state index is 2.50. The average Bonchev–Trinajstić information content (AvgIpc) is 2.55. The van der Waals surface area contributed by atoms with Crippen molar-refractivity contribution in [3.8, 4) is 0 Å². The molecule has 1 aromatic rings. The van der Waals surface area contributed by atoms with E-state index in [-0.39, 0.29) is 0 Å². The van der Waals surface area contributed by atoms with Gasteiger partial charge < -0.3 is 4.90 Å². The predicted octanol–water partition coefficient (Wildman–Crippen LogP) is 3.16. The molecular formula is C13H17N. The Hall–Kier alpha value is -0.980. The van der Waals surface area contributed by atoms with Crippen LogP contribution in [0, 0.1) is 0 Å². The van der Waals surface area contributed by atoms with Crippen LogP contribution in [0.2, 0.25) is 0 Å². The Morgan fingerprint density at radius 3 is 2.86 bits per heavy atom. The monoisotopic (exact) mass is 187 g/mol. The van der Waals surface area contributed by atoms with Crippen LogP contribution >= 0.6 is 0 Å². The minimum absolute atomic E-state index is 0.793. The van der Waals surface area contributed by atoms with Crippen LogP contribution in [-0.2, 0) is 0 Å². The van der Waals surface area contributed by atoms with E-state index in [4.69, 9.17) is 0 Å². The Balaban J connectivity index is 2.06. The molecule has 0 radical (unpaired) electrons. The SMILES string of the molecule is CN1c2ccccc2[C@@H]2CCCC[C@@H]21. The first-order valence-electron chi connectivity index (χ1n) is 5.69. The minimum atomic E-state index is 0.793. The van der Waals surface area contributed by atoms with E-state index >= 15 is 0 Å². The Kier molecular flexibility index (Phi) is 1.79. The lowest BCUT2D eigenvalue weighted by atomic mass is 9.82. The van der Waals surface area contributed by atoms with E-state index in [0.717, 1.165) is 12.0 Å². The third kappa shape index (κ3) is 1.01. The average molecular weight is 187 g/mol. The van der Waals surface area contributed by atoms with E-state index in [9.17, 15) is 0 Å². The van der Waals surface area contributed by atoms with Gasteiger partial charge in [-0.1, -0.05) is 31.0 Å². The molecule has 2 aliphatic rings. The quantitative estimate of drug-likeness (QED) is 0.603. The normalized spacial score (nSPS) is 29.9. The number of fused-ring (bicyclic) bond motifs is 3. The van der Waals surface area contributed by atoms with E-state index < -0.39 is 0 Å². The zero-order valence-corrected chi connectivity index (χ0v) is 8.74.